The number of carbonyl (C=O) groups is 1. The van der Waals surface area contributed by atoms with Crippen LogP contribution in [0.2, 0.25) is 0 Å². The second-order valence-electron chi connectivity index (χ2n) is 5.05. The number of benzene rings is 1. The summed E-state index contributed by atoms with van der Waals surface area (Å²) in [6.07, 6.45) is 4.08. The first-order chi connectivity index (χ1) is 9.04. The SMILES string of the molecule is NC(Cc1cc(Br)cc(OCC2CCC2)c1)C(=O)O. The fourth-order valence-corrected chi connectivity index (χ4v) is 2.56. The number of hydrogen-bond acceptors (Lipinski definition) is 3. The van der Waals surface area contributed by atoms with E-state index in [0.29, 0.717) is 12.3 Å². The Morgan fingerprint density at radius 1 is 1.47 bits per heavy atom. The average molecular weight is 328 g/mol. The first kappa shape index (κ1) is 14.3. The minimum absolute atomic E-state index is 0.300. The van der Waals surface area contributed by atoms with Crippen molar-refractivity contribution in [1.29, 1.82) is 0 Å². The highest BCUT2D eigenvalue weighted by atomic mass is 79.9. The molecule has 0 spiro atoms. The second kappa shape index (κ2) is 6.39. The summed E-state index contributed by atoms with van der Waals surface area (Å²) in [4.78, 5) is 10.8. The lowest BCUT2D eigenvalue weighted by atomic mass is 9.86. The van der Waals surface area contributed by atoms with Crippen molar-refractivity contribution in [1.82, 2.24) is 0 Å². The molecule has 1 aromatic carbocycles. The van der Waals surface area contributed by atoms with Gasteiger partial charge in [0.2, 0.25) is 0 Å². The molecule has 2 rings (SSSR count). The normalized spacial score (nSPS) is 16.7. The lowest BCUT2D eigenvalue weighted by Gasteiger charge is -2.25. The topological polar surface area (TPSA) is 72.5 Å². The highest BCUT2D eigenvalue weighted by molar-refractivity contribution is 9.10. The van der Waals surface area contributed by atoms with E-state index in [1.807, 2.05) is 18.2 Å². The van der Waals surface area contributed by atoms with Crippen molar-refractivity contribution in [3.63, 3.8) is 0 Å². The molecule has 0 bridgehead atoms. The van der Waals surface area contributed by atoms with Gasteiger partial charge in [-0.15, -0.1) is 0 Å². The fraction of sp³-hybridized carbons (Fsp3) is 0.500. The first-order valence-corrected chi connectivity index (χ1v) is 7.24. The van der Waals surface area contributed by atoms with Gasteiger partial charge in [-0.1, -0.05) is 22.4 Å². The van der Waals surface area contributed by atoms with E-state index in [-0.39, 0.29) is 0 Å². The molecule has 0 radical (unpaired) electrons. The first-order valence-electron chi connectivity index (χ1n) is 6.45. The summed E-state index contributed by atoms with van der Waals surface area (Å²) >= 11 is 3.41. The van der Waals surface area contributed by atoms with Gasteiger partial charge in [-0.2, -0.15) is 0 Å². The fourth-order valence-electron chi connectivity index (χ4n) is 2.04. The zero-order valence-electron chi connectivity index (χ0n) is 10.6. The molecule has 0 saturated heterocycles. The minimum Gasteiger partial charge on any atom is -0.493 e. The molecular weight excluding hydrogens is 310 g/mol. The highest BCUT2D eigenvalue weighted by Crippen LogP contribution is 2.28. The van der Waals surface area contributed by atoms with Gasteiger partial charge in [0.25, 0.3) is 0 Å². The Morgan fingerprint density at radius 3 is 2.79 bits per heavy atom. The third-order valence-corrected chi connectivity index (χ3v) is 3.87. The zero-order chi connectivity index (χ0) is 13.8. The van der Waals surface area contributed by atoms with E-state index in [0.717, 1.165) is 22.4 Å². The maximum absolute atomic E-state index is 10.8. The molecule has 1 saturated carbocycles. The third kappa shape index (κ3) is 4.21. The van der Waals surface area contributed by atoms with Crippen LogP contribution in [0.15, 0.2) is 22.7 Å². The van der Waals surface area contributed by atoms with Crippen LogP contribution in [0.25, 0.3) is 0 Å². The van der Waals surface area contributed by atoms with Gasteiger partial charge in [-0.05, 0) is 48.9 Å². The van der Waals surface area contributed by atoms with Crippen molar-refractivity contribution in [3.05, 3.63) is 28.2 Å². The summed E-state index contributed by atoms with van der Waals surface area (Å²) in [5, 5.41) is 8.83. The molecule has 0 aliphatic heterocycles. The average Bonchev–Trinajstić information content (AvgIpc) is 2.25. The number of halogens is 1. The van der Waals surface area contributed by atoms with Crippen LogP contribution in [-0.4, -0.2) is 23.7 Å². The summed E-state index contributed by atoms with van der Waals surface area (Å²) in [5.41, 5.74) is 6.41. The standard InChI is InChI=1S/C14H18BrNO3/c15-11-4-10(6-13(16)14(17)18)5-12(7-11)19-8-9-2-1-3-9/h4-5,7,9,13H,1-3,6,8,16H2,(H,17,18). The summed E-state index contributed by atoms with van der Waals surface area (Å²) in [7, 11) is 0. The van der Waals surface area contributed by atoms with Crippen molar-refractivity contribution in [2.45, 2.75) is 31.7 Å². The zero-order valence-corrected chi connectivity index (χ0v) is 12.2. The van der Waals surface area contributed by atoms with Gasteiger partial charge in [0, 0.05) is 4.47 Å². The maximum atomic E-state index is 10.8. The molecular formula is C14H18BrNO3. The number of rotatable bonds is 6. The Kier molecular flexibility index (Phi) is 4.82. The monoisotopic (exact) mass is 327 g/mol. The van der Waals surface area contributed by atoms with Gasteiger partial charge >= 0.3 is 5.97 Å². The predicted octanol–water partition coefficient (Wildman–Crippen LogP) is 2.58. The number of carboxylic acids is 1. The van der Waals surface area contributed by atoms with Crippen LogP contribution in [0.4, 0.5) is 0 Å². The summed E-state index contributed by atoms with van der Waals surface area (Å²) < 4.78 is 6.64. The van der Waals surface area contributed by atoms with E-state index in [9.17, 15) is 4.79 Å². The lowest BCUT2D eigenvalue weighted by molar-refractivity contribution is -0.138. The molecule has 1 atom stereocenters. The van der Waals surface area contributed by atoms with Gasteiger partial charge in [-0.3, -0.25) is 4.79 Å². The van der Waals surface area contributed by atoms with E-state index in [1.165, 1.54) is 19.3 Å². The van der Waals surface area contributed by atoms with Crippen molar-refractivity contribution in [2.24, 2.45) is 11.7 Å². The number of carboxylic acid groups (broad SMARTS) is 1. The summed E-state index contributed by atoms with van der Waals surface area (Å²) in [6.45, 7) is 0.737. The number of nitrogens with two attached hydrogens (primary N) is 1. The Hall–Kier alpha value is -1.07. The van der Waals surface area contributed by atoms with Crippen molar-refractivity contribution in [3.8, 4) is 5.75 Å². The van der Waals surface area contributed by atoms with Crippen LogP contribution >= 0.6 is 15.9 Å². The molecule has 1 aromatic rings. The van der Waals surface area contributed by atoms with Crippen LogP contribution in [0.3, 0.4) is 0 Å². The Morgan fingerprint density at radius 2 is 2.21 bits per heavy atom. The molecule has 0 aromatic heterocycles. The Labute approximate surface area is 121 Å². The minimum atomic E-state index is -0.989. The van der Waals surface area contributed by atoms with Crippen molar-refractivity contribution >= 4 is 21.9 Å². The molecule has 0 heterocycles. The molecule has 19 heavy (non-hydrogen) atoms. The predicted molar refractivity (Wildman–Crippen MR) is 76.3 cm³/mol. The number of ether oxygens (including phenoxy) is 1. The van der Waals surface area contributed by atoms with Crippen LogP contribution in [0.5, 0.6) is 5.75 Å². The van der Waals surface area contributed by atoms with E-state index < -0.39 is 12.0 Å². The molecule has 1 unspecified atom stereocenters. The molecule has 4 nitrogen and oxygen atoms in total. The highest BCUT2D eigenvalue weighted by Gasteiger charge is 2.18. The lowest BCUT2D eigenvalue weighted by Crippen LogP contribution is -2.32. The number of aliphatic carboxylic acids is 1. The summed E-state index contributed by atoms with van der Waals surface area (Å²) in [6, 6.07) is 4.76. The van der Waals surface area contributed by atoms with Crippen molar-refractivity contribution < 1.29 is 14.6 Å². The van der Waals surface area contributed by atoms with Crippen molar-refractivity contribution in [2.75, 3.05) is 6.61 Å². The smallest absolute Gasteiger partial charge is 0.320 e. The maximum Gasteiger partial charge on any atom is 0.320 e. The van der Waals surface area contributed by atoms with Crippen LogP contribution < -0.4 is 10.5 Å². The van der Waals surface area contributed by atoms with E-state index in [1.54, 1.807) is 0 Å². The molecule has 1 aliphatic carbocycles. The quantitative estimate of drug-likeness (QED) is 0.842. The van der Waals surface area contributed by atoms with Crippen LogP contribution in [0.1, 0.15) is 24.8 Å². The Balaban J connectivity index is 1.99. The van der Waals surface area contributed by atoms with Gasteiger partial charge in [0.1, 0.15) is 11.8 Å². The molecule has 104 valence electrons. The molecule has 5 heteroatoms. The van der Waals surface area contributed by atoms with Crippen LogP contribution in [-0.2, 0) is 11.2 Å². The van der Waals surface area contributed by atoms with Crippen LogP contribution in [0, 0.1) is 5.92 Å². The Bertz CT molecular complexity index is 460. The van der Waals surface area contributed by atoms with Gasteiger partial charge < -0.3 is 15.6 Å². The number of hydrogen-bond donors (Lipinski definition) is 2. The second-order valence-corrected chi connectivity index (χ2v) is 5.97. The van der Waals surface area contributed by atoms with Gasteiger partial charge in [-0.25, -0.2) is 0 Å². The molecule has 1 aliphatic rings. The van der Waals surface area contributed by atoms with Gasteiger partial charge in [0.15, 0.2) is 0 Å². The van der Waals surface area contributed by atoms with E-state index in [4.69, 9.17) is 15.6 Å². The third-order valence-electron chi connectivity index (χ3n) is 3.41. The largest absolute Gasteiger partial charge is 0.493 e. The molecule has 3 N–H and O–H groups in total. The van der Waals surface area contributed by atoms with Gasteiger partial charge in [0.05, 0.1) is 6.61 Å². The summed E-state index contributed by atoms with van der Waals surface area (Å²) in [5.74, 6) is 0.453. The van der Waals surface area contributed by atoms with E-state index in [2.05, 4.69) is 15.9 Å². The molecule has 0 amide bonds. The van der Waals surface area contributed by atoms with E-state index >= 15 is 0 Å². The molecule has 1 fully saturated rings.